The number of amides is 1. The van der Waals surface area contributed by atoms with Gasteiger partial charge in [0.15, 0.2) is 5.82 Å². The van der Waals surface area contributed by atoms with Crippen molar-refractivity contribution in [3.05, 3.63) is 35.5 Å². The first-order chi connectivity index (χ1) is 10.8. The van der Waals surface area contributed by atoms with Crippen LogP contribution >= 0.6 is 0 Å². The fraction of sp³-hybridized carbons (Fsp3) is 0.556. The smallest absolute Gasteiger partial charge is 0.226 e. The third-order valence-electron chi connectivity index (χ3n) is 4.27. The fourth-order valence-corrected chi connectivity index (χ4v) is 2.58. The number of aromatic nitrogens is 1. The largest absolute Gasteiger partial charge is 0.466 e. The van der Waals surface area contributed by atoms with E-state index in [1.54, 1.807) is 6.07 Å². The van der Waals surface area contributed by atoms with Crippen LogP contribution in [0, 0.1) is 5.92 Å². The number of aryl methyl sites for hydroxylation is 1. The van der Waals surface area contributed by atoms with Crippen molar-refractivity contribution in [2.75, 3.05) is 5.32 Å². The number of rotatable bonds is 5. The second-order valence-electron chi connectivity index (χ2n) is 7.50. The van der Waals surface area contributed by atoms with Crippen LogP contribution in [0.25, 0.3) is 0 Å². The zero-order chi connectivity index (χ0) is 16.6. The van der Waals surface area contributed by atoms with Gasteiger partial charge in [0.1, 0.15) is 17.3 Å². The van der Waals surface area contributed by atoms with E-state index in [4.69, 9.17) is 8.94 Å². The van der Waals surface area contributed by atoms with Crippen molar-refractivity contribution in [3.8, 4) is 0 Å². The van der Waals surface area contributed by atoms with E-state index in [0.29, 0.717) is 24.6 Å². The van der Waals surface area contributed by atoms with Gasteiger partial charge in [-0.3, -0.25) is 4.79 Å². The Morgan fingerprint density at radius 2 is 2.13 bits per heavy atom. The molecule has 5 nitrogen and oxygen atoms in total. The van der Waals surface area contributed by atoms with Gasteiger partial charge >= 0.3 is 0 Å². The van der Waals surface area contributed by atoms with Gasteiger partial charge < -0.3 is 14.3 Å². The molecule has 2 aromatic rings. The highest BCUT2D eigenvalue weighted by molar-refractivity contribution is 5.89. The lowest BCUT2D eigenvalue weighted by atomic mass is 9.93. The summed E-state index contributed by atoms with van der Waals surface area (Å²) < 4.78 is 11.1. The molecule has 3 rings (SSSR count). The Balaban J connectivity index is 1.49. The number of nitrogens with zero attached hydrogens (tertiary/aromatic N) is 1. The molecule has 0 aromatic carbocycles. The molecule has 1 N–H and O–H groups in total. The summed E-state index contributed by atoms with van der Waals surface area (Å²) in [4.78, 5) is 12.0. The van der Waals surface area contributed by atoms with E-state index in [0.717, 1.165) is 23.2 Å². The Morgan fingerprint density at radius 1 is 1.39 bits per heavy atom. The van der Waals surface area contributed by atoms with Crippen molar-refractivity contribution in [2.24, 2.45) is 5.92 Å². The summed E-state index contributed by atoms with van der Waals surface area (Å²) in [5, 5.41) is 6.66. The third-order valence-corrected chi connectivity index (χ3v) is 4.27. The van der Waals surface area contributed by atoms with Crippen molar-refractivity contribution in [2.45, 2.75) is 58.3 Å². The summed E-state index contributed by atoms with van der Waals surface area (Å²) in [5.74, 6) is 4.35. The van der Waals surface area contributed by atoms with E-state index >= 15 is 0 Å². The maximum atomic E-state index is 12.0. The van der Waals surface area contributed by atoms with E-state index in [2.05, 4.69) is 17.4 Å². The molecule has 0 saturated heterocycles. The Hall–Kier alpha value is -2.04. The fourth-order valence-electron chi connectivity index (χ4n) is 2.58. The molecule has 2 heterocycles. The Bertz CT molecular complexity index is 693. The van der Waals surface area contributed by atoms with Crippen molar-refractivity contribution >= 4 is 11.7 Å². The summed E-state index contributed by atoms with van der Waals surface area (Å²) >= 11 is 0. The quantitative estimate of drug-likeness (QED) is 0.895. The molecule has 2 atom stereocenters. The van der Waals surface area contributed by atoms with Gasteiger partial charge in [-0.2, -0.15) is 0 Å². The summed E-state index contributed by atoms with van der Waals surface area (Å²) in [5.41, 5.74) is -0.125. The molecule has 2 aromatic heterocycles. The average molecular weight is 316 g/mol. The normalized spacial score (nSPS) is 20.5. The number of carbonyl (C=O) groups excluding carboxylic acids is 1. The highest BCUT2D eigenvalue weighted by Crippen LogP contribution is 2.47. The minimum absolute atomic E-state index is 0.0866. The van der Waals surface area contributed by atoms with Gasteiger partial charge in [0.05, 0.1) is 0 Å². The van der Waals surface area contributed by atoms with Crippen LogP contribution in [0.5, 0.6) is 0 Å². The summed E-state index contributed by atoms with van der Waals surface area (Å²) in [6.07, 6.45) is 2.16. The van der Waals surface area contributed by atoms with Crippen molar-refractivity contribution in [1.29, 1.82) is 0 Å². The highest BCUT2D eigenvalue weighted by Gasteiger charge is 2.36. The summed E-state index contributed by atoms with van der Waals surface area (Å²) in [6.45, 7) is 8.33. The van der Waals surface area contributed by atoms with Crippen LogP contribution in [0.1, 0.15) is 63.7 Å². The number of anilines is 1. The van der Waals surface area contributed by atoms with Gasteiger partial charge in [-0.05, 0) is 24.5 Å². The second kappa shape index (κ2) is 5.87. The lowest BCUT2D eigenvalue weighted by Crippen LogP contribution is -2.12. The van der Waals surface area contributed by atoms with Crippen molar-refractivity contribution in [1.82, 2.24) is 5.16 Å². The third kappa shape index (κ3) is 3.84. The molecule has 0 spiro atoms. The molecular formula is C18H24N2O3. The SMILES string of the molecule is CC1CC1c1ccc(CCC(=O)Nc2cc(C(C)(C)C)on2)o1. The predicted molar refractivity (Wildman–Crippen MR) is 87.4 cm³/mol. The van der Waals surface area contributed by atoms with Crippen LogP contribution in [0.3, 0.4) is 0 Å². The molecular weight excluding hydrogens is 292 g/mol. The molecule has 1 aliphatic rings. The van der Waals surface area contributed by atoms with Gasteiger partial charge in [0.2, 0.25) is 5.91 Å². The maximum absolute atomic E-state index is 12.0. The average Bonchev–Trinajstić information content (AvgIpc) is 2.92. The van der Waals surface area contributed by atoms with Crippen LogP contribution in [0.4, 0.5) is 5.82 Å². The first kappa shape index (κ1) is 15.8. The molecule has 23 heavy (non-hydrogen) atoms. The minimum atomic E-state index is -0.125. The lowest BCUT2D eigenvalue weighted by Gasteiger charge is -2.11. The molecule has 1 saturated carbocycles. The highest BCUT2D eigenvalue weighted by atomic mass is 16.5. The van der Waals surface area contributed by atoms with Crippen LogP contribution < -0.4 is 5.32 Å². The first-order valence-corrected chi connectivity index (χ1v) is 8.18. The van der Waals surface area contributed by atoms with Gasteiger partial charge in [-0.15, -0.1) is 0 Å². The number of nitrogens with one attached hydrogen (secondary N) is 1. The van der Waals surface area contributed by atoms with Crippen LogP contribution in [0.15, 0.2) is 27.1 Å². The van der Waals surface area contributed by atoms with E-state index in [-0.39, 0.29) is 11.3 Å². The molecule has 1 fully saturated rings. The lowest BCUT2D eigenvalue weighted by molar-refractivity contribution is -0.116. The van der Waals surface area contributed by atoms with E-state index < -0.39 is 0 Å². The minimum Gasteiger partial charge on any atom is -0.466 e. The molecule has 1 amide bonds. The van der Waals surface area contributed by atoms with E-state index in [9.17, 15) is 4.79 Å². The summed E-state index contributed by atoms with van der Waals surface area (Å²) in [6, 6.07) is 5.79. The molecule has 5 heteroatoms. The number of hydrogen-bond acceptors (Lipinski definition) is 4. The number of carbonyl (C=O) groups is 1. The predicted octanol–water partition coefficient (Wildman–Crippen LogP) is 4.26. The standard InChI is InChI=1S/C18H24N2O3/c1-11-9-13(11)14-7-5-12(22-14)6-8-17(21)19-16-10-15(23-20-16)18(2,3)4/h5,7,10-11,13H,6,8-9H2,1-4H3,(H,19,20,21). The van der Waals surface area contributed by atoms with E-state index in [1.807, 2.05) is 32.9 Å². The molecule has 0 radical (unpaired) electrons. The van der Waals surface area contributed by atoms with E-state index in [1.165, 1.54) is 6.42 Å². The van der Waals surface area contributed by atoms with Gasteiger partial charge in [-0.25, -0.2) is 0 Å². The van der Waals surface area contributed by atoms with Gasteiger partial charge in [-0.1, -0.05) is 32.9 Å². The zero-order valence-electron chi connectivity index (χ0n) is 14.2. The van der Waals surface area contributed by atoms with Gasteiger partial charge in [0, 0.05) is 30.2 Å². The van der Waals surface area contributed by atoms with Crippen molar-refractivity contribution < 1.29 is 13.7 Å². The number of hydrogen-bond donors (Lipinski definition) is 1. The summed E-state index contributed by atoms with van der Waals surface area (Å²) in [7, 11) is 0. The van der Waals surface area contributed by atoms with Gasteiger partial charge in [0.25, 0.3) is 0 Å². The number of furan rings is 1. The molecule has 124 valence electrons. The monoisotopic (exact) mass is 316 g/mol. The van der Waals surface area contributed by atoms with Crippen molar-refractivity contribution in [3.63, 3.8) is 0 Å². The maximum Gasteiger partial charge on any atom is 0.226 e. The second-order valence-corrected chi connectivity index (χ2v) is 7.50. The van der Waals surface area contributed by atoms with Crippen LogP contribution in [-0.2, 0) is 16.6 Å². The first-order valence-electron chi connectivity index (χ1n) is 8.18. The Morgan fingerprint density at radius 3 is 2.74 bits per heavy atom. The van der Waals surface area contributed by atoms with Crippen LogP contribution in [-0.4, -0.2) is 11.1 Å². The topological polar surface area (TPSA) is 68.3 Å². The zero-order valence-corrected chi connectivity index (χ0v) is 14.2. The molecule has 1 aliphatic carbocycles. The Kier molecular flexibility index (Phi) is 4.04. The molecule has 0 bridgehead atoms. The molecule has 2 unspecified atom stereocenters. The molecule has 0 aliphatic heterocycles. The van der Waals surface area contributed by atoms with Crippen LogP contribution in [0.2, 0.25) is 0 Å². The Labute approximate surface area is 136 Å².